The molecule has 3 heterocycles. The van der Waals surface area contributed by atoms with Crippen LogP contribution in [-0.2, 0) is 4.79 Å². The highest BCUT2D eigenvalue weighted by Gasteiger charge is 2.35. The number of aromatic nitrogens is 4. The number of anilines is 2. The first-order valence-electron chi connectivity index (χ1n) is 12.7. The van der Waals surface area contributed by atoms with Crippen molar-refractivity contribution in [1.82, 2.24) is 19.7 Å². The van der Waals surface area contributed by atoms with E-state index in [4.69, 9.17) is 24.3 Å². The van der Waals surface area contributed by atoms with Gasteiger partial charge in [0, 0.05) is 17.5 Å². The minimum Gasteiger partial charge on any atom is -0.494 e. The van der Waals surface area contributed by atoms with E-state index in [1.165, 1.54) is 0 Å². The molecule has 0 spiro atoms. The lowest BCUT2D eigenvalue weighted by Gasteiger charge is -2.29. The van der Waals surface area contributed by atoms with Gasteiger partial charge in [-0.1, -0.05) is 6.07 Å². The monoisotopic (exact) mass is 526 g/mol. The van der Waals surface area contributed by atoms with Gasteiger partial charge in [0.05, 0.1) is 37.8 Å². The van der Waals surface area contributed by atoms with Gasteiger partial charge in [0.1, 0.15) is 11.8 Å². The number of ether oxygens (including phenoxy) is 3. The normalized spacial score (nSPS) is 14.3. The van der Waals surface area contributed by atoms with Crippen LogP contribution >= 0.6 is 0 Å². The fraction of sp³-hybridized carbons (Fsp3) is 0.241. The SMILES string of the molecule is CCOc1ccc(-c2nc3n(n2)C(c2ccc(OCC)c(OC)c2)C(C(=O)Nc2cccnc2)=C(C)N3)cc1. The highest BCUT2D eigenvalue weighted by molar-refractivity contribution is 6.06. The Morgan fingerprint density at radius 1 is 1.05 bits per heavy atom. The molecule has 0 saturated carbocycles. The van der Waals surface area contributed by atoms with E-state index in [1.807, 2.05) is 63.2 Å². The molecule has 1 unspecified atom stereocenters. The van der Waals surface area contributed by atoms with Crippen molar-refractivity contribution in [3.8, 4) is 28.6 Å². The predicted octanol–water partition coefficient (Wildman–Crippen LogP) is 5.07. The third-order valence-electron chi connectivity index (χ3n) is 6.24. The van der Waals surface area contributed by atoms with Crippen LogP contribution in [0.2, 0.25) is 0 Å². The highest BCUT2D eigenvalue weighted by Crippen LogP contribution is 2.40. The quantitative estimate of drug-likeness (QED) is 0.311. The largest absolute Gasteiger partial charge is 0.494 e. The molecule has 1 atom stereocenters. The third kappa shape index (κ3) is 5.26. The maximum absolute atomic E-state index is 13.7. The van der Waals surface area contributed by atoms with Crippen LogP contribution < -0.4 is 24.8 Å². The van der Waals surface area contributed by atoms with E-state index >= 15 is 0 Å². The molecule has 1 aliphatic heterocycles. The molecule has 39 heavy (non-hydrogen) atoms. The van der Waals surface area contributed by atoms with Crippen LogP contribution in [-0.4, -0.2) is 46.0 Å². The Hall–Kier alpha value is -4.86. The predicted molar refractivity (Wildman–Crippen MR) is 148 cm³/mol. The molecule has 4 aromatic rings. The van der Waals surface area contributed by atoms with Crippen molar-refractivity contribution in [1.29, 1.82) is 0 Å². The molecule has 2 N–H and O–H groups in total. The molecule has 0 saturated heterocycles. The zero-order chi connectivity index (χ0) is 27.4. The molecule has 10 heteroatoms. The molecule has 5 rings (SSSR count). The van der Waals surface area contributed by atoms with E-state index in [9.17, 15) is 4.79 Å². The number of hydrogen-bond acceptors (Lipinski definition) is 8. The number of fused-ring (bicyclic) bond motifs is 1. The van der Waals surface area contributed by atoms with Crippen LogP contribution in [0, 0.1) is 0 Å². The molecule has 2 aromatic carbocycles. The number of carbonyl (C=O) groups is 1. The number of nitrogens with zero attached hydrogens (tertiary/aromatic N) is 4. The number of carbonyl (C=O) groups excluding carboxylic acids is 1. The number of allylic oxidation sites excluding steroid dienone is 1. The number of nitrogens with one attached hydrogen (secondary N) is 2. The zero-order valence-electron chi connectivity index (χ0n) is 22.3. The number of benzene rings is 2. The first-order valence-corrected chi connectivity index (χ1v) is 12.7. The van der Waals surface area contributed by atoms with E-state index in [0.717, 1.165) is 16.9 Å². The maximum Gasteiger partial charge on any atom is 0.255 e. The van der Waals surface area contributed by atoms with Crippen molar-refractivity contribution in [3.05, 3.63) is 83.8 Å². The van der Waals surface area contributed by atoms with E-state index in [0.29, 0.717) is 53.4 Å². The molecule has 0 radical (unpaired) electrons. The fourth-order valence-electron chi connectivity index (χ4n) is 4.51. The van der Waals surface area contributed by atoms with Gasteiger partial charge in [0.15, 0.2) is 17.3 Å². The summed E-state index contributed by atoms with van der Waals surface area (Å²) in [7, 11) is 1.59. The van der Waals surface area contributed by atoms with Gasteiger partial charge >= 0.3 is 0 Å². The lowest BCUT2D eigenvalue weighted by atomic mass is 9.94. The third-order valence-corrected chi connectivity index (χ3v) is 6.24. The molecular formula is C29H30N6O4. The minimum atomic E-state index is -0.591. The Kier molecular flexibility index (Phi) is 7.44. The maximum atomic E-state index is 13.7. The molecule has 10 nitrogen and oxygen atoms in total. The second-order valence-electron chi connectivity index (χ2n) is 8.77. The van der Waals surface area contributed by atoms with Crippen LogP contribution in [0.25, 0.3) is 11.4 Å². The summed E-state index contributed by atoms with van der Waals surface area (Å²) in [6.45, 7) is 6.79. The number of pyridine rings is 1. The van der Waals surface area contributed by atoms with E-state index < -0.39 is 6.04 Å². The van der Waals surface area contributed by atoms with Crippen LogP contribution in [0.4, 0.5) is 11.6 Å². The van der Waals surface area contributed by atoms with Crippen molar-refractivity contribution in [3.63, 3.8) is 0 Å². The summed E-state index contributed by atoms with van der Waals surface area (Å²) in [5, 5.41) is 11.1. The molecule has 0 aliphatic carbocycles. The van der Waals surface area contributed by atoms with Crippen LogP contribution in [0.3, 0.4) is 0 Å². The Balaban J connectivity index is 1.59. The first kappa shape index (κ1) is 25.8. The average molecular weight is 527 g/mol. The fourth-order valence-corrected chi connectivity index (χ4v) is 4.51. The molecule has 200 valence electrons. The summed E-state index contributed by atoms with van der Waals surface area (Å²) in [5.74, 6) is 2.71. The van der Waals surface area contributed by atoms with Crippen molar-refractivity contribution in [2.45, 2.75) is 26.8 Å². The Morgan fingerprint density at radius 3 is 2.54 bits per heavy atom. The van der Waals surface area contributed by atoms with Gasteiger partial charge in [-0.2, -0.15) is 4.98 Å². The van der Waals surface area contributed by atoms with Crippen LogP contribution in [0.1, 0.15) is 32.4 Å². The molecule has 1 aliphatic rings. The van der Waals surface area contributed by atoms with Crippen LogP contribution in [0.5, 0.6) is 17.2 Å². The topological polar surface area (TPSA) is 112 Å². The van der Waals surface area contributed by atoms with E-state index in [1.54, 1.807) is 36.3 Å². The van der Waals surface area contributed by atoms with Gasteiger partial charge in [-0.05, 0) is 74.9 Å². The van der Waals surface area contributed by atoms with Crippen molar-refractivity contribution >= 4 is 17.5 Å². The highest BCUT2D eigenvalue weighted by atomic mass is 16.5. The molecule has 0 bridgehead atoms. The zero-order valence-corrected chi connectivity index (χ0v) is 22.3. The summed E-state index contributed by atoms with van der Waals surface area (Å²) in [5.41, 5.74) is 3.35. The van der Waals surface area contributed by atoms with E-state index in [-0.39, 0.29) is 5.91 Å². The summed E-state index contributed by atoms with van der Waals surface area (Å²) in [6.07, 6.45) is 3.26. The van der Waals surface area contributed by atoms with Gasteiger partial charge in [-0.15, -0.1) is 5.10 Å². The summed E-state index contributed by atoms with van der Waals surface area (Å²) in [4.78, 5) is 22.6. The summed E-state index contributed by atoms with van der Waals surface area (Å²) >= 11 is 0. The number of amides is 1. The Bertz CT molecular complexity index is 1500. The minimum absolute atomic E-state index is 0.283. The van der Waals surface area contributed by atoms with Gasteiger partial charge in [-0.25, -0.2) is 4.68 Å². The first-order chi connectivity index (χ1) is 19.0. The number of methoxy groups -OCH3 is 1. The molecule has 0 fully saturated rings. The second-order valence-corrected chi connectivity index (χ2v) is 8.77. The number of rotatable bonds is 9. The van der Waals surface area contributed by atoms with Gasteiger partial charge < -0.3 is 24.8 Å². The van der Waals surface area contributed by atoms with Gasteiger partial charge in [0.2, 0.25) is 5.95 Å². The van der Waals surface area contributed by atoms with Gasteiger partial charge in [-0.3, -0.25) is 9.78 Å². The smallest absolute Gasteiger partial charge is 0.255 e. The Labute approximate surface area is 226 Å². The average Bonchev–Trinajstić information content (AvgIpc) is 3.37. The van der Waals surface area contributed by atoms with Crippen molar-refractivity contribution in [2.75, 3.05) is 31.0 Å². The standard InChI is InChI=1S/C29H30N6O4/c1-5-38-22-12-9-19(10-13-22)27-33-29-31-18(3)25(28(36)32-21-8-7-15-30-17-21)26(35(29)34-27)20-11-14-23(39-6-2)24(16-20)37-4/h7-17,26H,5-6H2,1-4H3,(H,32,36)(H,31,33,34). The summed E-state index contributed by atoms with van der Waals surface area (Å²) < 4.78 is 18.6. The van der Waals surface area contributed by atoms with Crippen molar-refractivity contribution < 1.29 is 19.0 Å². The molecule has 2 aromatic heterocycles. The van der Waals surface area contributed by atoms with Gasteiger partial charge in [0.25, 0.3) is 5.91 Å². The van der Waals surface area contributed by atoms with Crippen LogP contribution in [0.15, 0.2) is 78.3 Å². The molecular weight excluding hydrogens is 496 g/mol. The number of hydrogen-bond donors (Lipinski definition) is 2. The second kappa shape index (κ2) is 11.3. The lowest BCUT2D eigenvalue weighted by molar-refractivity contribution is -0.113. The van der Waals surface area contributed by atoms with Crippen molar-refractivity contribution in [2.24, 2.45) is 0 Å². The summed E-state index contributed by atoms with van der Waals surface area (Å²) in [6, 6.07) is 16.2. The molecule has 1 amide bonds. The van der Waals surface area contributed by atoms with E-state index in [2.05, 4.69) is 15.6 Å². The Morgan fingerprint density at radius 2 is 1.85 bits per heavy atom. The lowest BCUT2D eigenvalue weighted by Crippen LogP contribution is -2.31.